The molecule has 0 aliphatic carbocycles. The van der Waals surface area contributed by atoms with Gasteiger partial charge in [-0.25, -0.2) is 4.98 Å². The Bertz CT molecular complexity index is 1120. The Balaban J connectivity index is 1.64. The molecule has 2 aromatic heterocycles. The third-order valence-electron chi connectivity index (χ3n) is 3.62. The minimum atomic E-state index is -0.555. The van der Waals surface area contributed by atoms with E-state index in [0.29, 0.717) is 27.6 Å². The van der Waals surface area contributed by atoms with Gasteiger partial charge in [0.2, 0.25) is 5.43 Å². The number of carbonyl (C=O) groups excluding carboxylic acids is 1. The number of benzene rings is 2. The number of anilines is 1. The van der Waals surface area contributed by atoms with Gasteiger partial charge >= 0.3 is 0 Å². The number of para-hydroxylation sites is 1. The van der Waals surface area contributed by atoms with Crippen molar-refractivity contribution < 1.29 is 13.9 Å². The molecule has 1 amide bonds. The lowest BCUT2D eigenvalue weighted by atomic mass is 10.1. The van der Waals surface area contributed by atoms with E-state index in [2.05, 4.69) is 10.3 Å². The zero-order valence-corrected chi connectivity index (χ0v) is 14.2. The first-order valence-corrected chi connectivity index (χ1v) is 8.58. The Morgan fingerprint density at radius 2 is 1.96 bits per heavy atom. The summed E-state index contributed by atoms with van der Waals surface area (Å²) in [5.74, 6) is 0.653. The molecule has 2 aromatic carbocycles. The molecule has 0 atom stereocenters. The maximum absolute atomic E-state index is 12.6. The lowest BCUT2D eigenvalue weighted by Crippen LogP contribution is -2.21. The largest absolute Gasteiger partial charge is 0.463 e. The van der Waals surface area contributed by atoms with E-state index in [-0.39, 0.29) is 5.56 Å². The normalized spacial score (nSPS) is 10.6. The van der Waals surface area contributed by atoms with Gasteiger partial charge in [0.25, 0.3) is 5.91 Å². The van der Waals surface area contributed by atoms with Crippen LogP contribution >= 0.6 is 11.3 Å². The van der Waals surface area contributed by atoms with Crippen molar-refractivity contribution in [2.24, 2.45) is 0 Å². The third kappa shape index (κ3) is 3.20. The molecule has 0 aliphatic heterocycles. The zero-order valence-electron chi connectivity index (χ0n) is 13.3. The number of hydrogen-bond donors (Lipinski definition) is 1. The minimum Gasteiger partial charge on any atom is -0.463 e. The van der Waals surface area contributed by atoms with E-state index in [1.807, 2.05) is 30.3 Å². The van der Waals surface area contributed by atoms with E-state index in [1.165, 1.54) is 11.3 Å². The lowest BCUT2D eigenvalue weighted by molar-refractivity contribution is 0.102. The van der Waals surface area contributed by atoms with Gasteiger partial charge in [0, 0.05) is 17.6 Å². The Morgan fingerprint density at radius 3 is 2.73 bits per heavy atom. The van der Waals surface area contributed by atoms with Crippen LogP contribution in [0.15, 0.2) is 75.6 Å². The summed E-state index contributed by atoms with van der Waals surface area (Å²) in [5, 5.41) is 5.02. The molecule has 0 saturated carbocycles. The number of nitrogens with one attached hydrogen (secondary N) is 1. The molecule has 0 bridgehead atoms. The summed E-state index contributed by atoms with van der Waals surface area (Å²) in [5.41, 5.74) is -0.148. The van der Waals surface area contributed by atoms with Gasteiger partial charge in [-0.3, -0.25) is 14.9 Å². The van der Waals surface area contributed by atoms with E-state index in [0.717, 1.165) is 6.26 Å². The zero-order chi connectivity index (χ0) is 17.9. The molecule has 0 spiro atoms. The maximum atomic E-state index is 12.6. The van der Waals surface area contributed by atoms with E-state index in [1.54, 1.807) is 29.8 Å². The molecule has 0 radical (unpaired) electrons. The summed E-state index contributed by atoms with van der Waals surface area (Å²) >= 11 is 1.27. The van der Waals surface area contributed by atoms with Gasteiger partial charge in [-0.2, -0.15) is 0 Å². The monoisotopic (exact) mass is 364 g/mol. The number of amides is 1. The summed E-state index contributed by atoms with van der Waals surface area (Å²) in [7, 11) is 0. The highest BCUT2D eigenvalue weighted by molar-refractivity contribution is 7.13. The number of fused-ring (bicyclic) bond motifs is 1. The molecule has 2 heterocycles. The van der Waals surface area contributed by atoms with E-state index in [4.69, 9.17) is 9.15 Å². The molecule has 0 aliphatic rings. The Labute approximate surface area is 151 Å². The number of hydrogen-bond acceptors (Lipinski definition) is 6. The van der Waals surface area contributed by atoms with Crippen molar-refractivity contribution in [2.75, 3.05) is 5.32 Å². The highest BCUT2D eigenvalue weighted by atomic mass is 32.1. The summed E-state index contributed by atoms with van der Waals surface area (Å²) in [6.45, 7) is 0. The second-order valence-corrected chi connectivity index (χ2v) is 6.24. The SMILES string of the molecule is O=C(Nc1nccs1)c1coc2cc(Oc3ccccc3)ccc2c1=O. The first-order valence-electron chi connectivity index (χ1n) is 7.70. The van der Waals surface area contributed by atoms with Gasteiger partial charge < -0.3 is 9.15 Å². The van der Waals surface area contributed by atoms with Crippen LogP contribution in [0.4, 0.5) is 5.13 Å². The smallest absolute Gasteiger partial charge is 0.264 e. The van der Waals surface area contributed by atoms with Crippen LogP contribution < -0.4 is 15.5 Å². The molecule has 26 heavy (non-hydrogen) atoms. The van der Waals surface area contributed by atoms with Gasteiger partial charge in [0.1, 0.15) is 28.9 Å². The van der Waals surface area contributed by atoms with E-state index >= 15 is 0 Å². The number of ether oxygens (including phenoxy) is 1. The van der Waals surface area contributed by atoms with E-state index in [9.17, 15) is 9.59 Å². The average molecular weight is 364 g/mol. The van der Waals surface area contributed by atoms with Crippen LogP contribution in [0, 0.1) is 0 Å². The molecule has 6 nitrogen and oxygen atoms in total. The fourth-order valence-electron chi connectivity index (χ4n) is 2.40. The molecule has 4 rings (SSSR count). The van der Waals surface area contributed by atoms with Crippen LogP contribution in [0.25, 0.3) is 11.0 Å². The number of aromatic nitrogens is 1. The topological polar surface area (TPSA) is 81.4 Å². The molecule has 0 unspecified atom stereocenters. The fourth-order valence-corrected chi connectivity index (χ4v) is 2.93. The van der Waals surface area contributed by atoms with Crippen LogP contribution in [0.1, 0.15) is 10.4 Å². The molecule has 1 N–H and O–H groups in total. The quantitative estimate of drug-likeness (QED) is 0.584. The summed E-state index contributed by atoms with van der Waals surface area (Å²) < 4.78 is 11.2. The van der Waals surface area contributed by atoms with Crippen molar-refractivity contribution in [2.45, 2.75) is 0 Å². The maximum Gasteiger partial charge on any atom is 0.264 e. The standard InChI is InChI=1S/C19H12N2O4S/c22-17-14-7-6-13(25-12-4-2-1-3-5-12)10-16(14)24-11-15(17)18(23)21-19-20-8-9-26-19/h1-11H,(H,20,21,23). The van der Waals surface area contributed by atoms with Crippen molar-refractivity contribution in [1.29, 1.82) is 0 Å². The van der Waals surface area contributed by atoms with Crippen molar-refractivity contribution in [3.8, 4) is 11.5 Å². The lowest BCUT2D eigenvalue weighted by Gasteiger charge is -2.07. The Hall–Kier alpha value is -3.45. The number of carbonyl (C=O) groups is 1. The first-order chi connectivity index (χ1) is 12.7. The number of rotatable bonds is 4. The van der Waals surface area contributed by atoms with E-state index < -0.39 is 11.3 Å². The van der Waals surface area contributed by atoms with Gasteiger partial charge in [0.05, 0.1) is 5.39 Å². The third-order valence-corrected chi connectivity index (χ3v) is 4.31. The van der Waals surface area contributed by atoms with Gasteiger partial charge in [-0.1, -0.05) is 18.2 Å². The van der Waals surface area contributed by atoms with Gasteiger partial charge in [-0.05, 0) is 24.3 Å². The van der Waals surface area contributed by atoms with Crippen LogP contribution in [0.5, 0.6) is 11.5 Å². The second-order valence-electron chi connectivity index (χ2n) is 5.34. The molecular formula is C19H12N2O4S. The van der Waals surface area contributed by atoms with Gasteiger partial charge in [0.15, 0.2) is 5.13 Å². The summed E-state index contributed by atoms with van der Waals surface area (Å²) in [4.78, 5) is 28.8. The van der Waals surface area contributed by atoms with Crippen molar-refractivity contribution in [1.82, 2.24) is 4.98 Å². The fraction of sp³-hybridized carbons (Fsp3) is 0. The van der Waals surface area contributed by atoms with Crippen molar-refractivity contribution in [3.63, 3.8) is 0 Å². The van der Waals surface area contributed by atoms with Crippen LogP contribution in [-0.2, 0) is 0 Å². The Morgan fingerprint density at radius 1 is 1.12 bits per heavy atom. The van der Waals surface area contributed by atoms with Crippen molar-refractivity contribution in [3.05, 3.63) is 82.2 Å². The molecular weight excluding hydrogens is 352 g/mol. The van der Waals surface area contributed by atoms with Crippen LogP contribution in [0.2, 0.25) is 0 Å². The highest BCUT2D eigenvalue weighted by Crippen LogP contribution is 2.24. The predicted molar refractivity (Wildman–Crippen MR) is 99.1 cm³/mol. The molecule has 7 heteroatoms. The highest BCUT2D eigenvalue weighted by Gasteiger charge is 2.16. The number of thiazole rings is 1. The minimum absolute atomic E-state index is 0.0792. The second kappa shape index (κ2) is 6.81. The average Bonchev–Trinajstić information content (AvgIpc) is 3.16. The van der Waals surface area contributed by atoms with Crippen LogP contribution in [0.3, 0.4) is 0 Å². The molecule has 128 valence electrons. The van der Waals surface area contributed by atoms with Crippen LogP contribution in [-0.4, -0.2) is 10.9 Å². The molecule has 4 aromatic rings. The summed E-state index contributed by atoms with van der Waals surface area (Å²) in [6.07, 6.45) is 2.72. The molecule has 0 fully saturated rings. The van der Waals surface area contributed by atoms with Gasteiger partial charge in [-0.15, -0.1) is 11.3 Å². The molecule has 0 saturated heterocycles. The predicted octanol–water partition coefficient (Wildman–Crippen LogP) is 4.29. The first kappa shape index (κ1) is 16.0. The van der Waals surface area contributed by atoms with Crippen molar-refractivity contribution >= 4 is 33.3 Å². The number of nitrogens with zero attached hydrogens (tertiary/aromatic N) is 1. The summed E-state index contributed by atoms with van der Waals surface area (Å²) in [6, 6.07) is 14.1. The Kier molecular flexibility index (Phi) is 4.20.